The molecular formula is C20H40N4Si2. The summed E-state index contributed by atoms with van der Waals surface area (Å²) in [5, 5.41) is 0. The predicted octanol–water partition coefficient (Wildman–Crippen LogP) is 4.41. The molecule has 0 aromatic rings. The van der Waals surface area contributed by atoms with Crippen molar-refractivity contribution < 1.29 is 0 Å². The van der Waals surface area contributed by atoms with Gasteiger partial charge in [0, 0.05) is 47.0 Å². The molecular weight excluding hydrogens is 352 g/mol. The summed E-state index contributed by atoms with van der Waals surface area (Å²) in [6, 6.07) is 0. The molecule has 0 N–H and O–H groups in total. The maximum atomic E-state index is 2.68. The largest absolute Gasteiger partial charge is 0.380 e. The van der Waals surface area contributed by atoms with E-state index in [4.69, 9.17) is 0 Å². The molecule has 0 aromatic heterocycles. The Morgan fingerprint density at radius 3 is 0.654 bits per heavy atom. The SMILES string of the molecule is CC(C)(C)N1C=CN(C(C)(C)C)[Si]1[Si]1N(C(C)(C)C)C=CN1C(C)(C)C. The Morgan fingerprint density at radius 2 is 0.538 bits per heavy atom. The van der Waals surface area contributed by atoms with Crippen LogP contribution >= 0.6 is 0 Å². The molecule has 0 amide bonds. The van der Waals surface area contributed by atoms with Crippen molar-refractivity contribution in [2.45, 2.75) is 105 Å². The van der Waals surface area contributed by atoms with Crippen LogP contribution in [0.1, 0.15) is 83.1 Å². The van der Waals surface area contributed by atoms with Gasteiger partial charge < -0.3 is 18.3 Å². The summed E-state index contributed by atoms with van der Waals surface area (Å²) in [6.45, 7) is 28.2. The second-order valence-electron chi connectivity index (χ2n) is 11.4. The highest BCUT2D eigenvalue weighted by molar-refractivity contribution is 7.18. The third-order valence-electron chi connectivity index (χ3n) is 4.73. The fraction of sp³-hybridized carbons (Fsp3) is 0.800. The summed E-state index contributed by atoms with van der Waals surface area (Å²) in [4.78, 5) is 0. The van der Waals surface area contributed by atoms with Gasteiger partial charge in [0.1, 0.15) is 0 Å². The first-order chi connectivity index (χ1) is 11.5. The first kappa shape index (κ1) is 21.4. The summed E-state index contributed by atoms with van der Waals surface area (Å²) in [5.74, 6) is 0. The van der Waals surface area contributed by atoms with Gasteiger partial charge in [-0.25, -0.2) is 0 Å². The van der Waals surface area contributed by atoms with Crippen LogP contribution in [0.15, 0.2) is 24.8 Å². The van der Waals surface area contributed by atoms with E-state index >= 15 is 0 Å². The summed E-state index contributed by atoms with van der Waals surface area (Å²) in [6.07, 6.45) is 9.43. The van der Waals surface area contributed by atoms with Crippen molar-refractivity contribution in [1.29, 1.82) is 0 Å². The van der Waals surface area contributed by atoms with Crippen molar-refractivity contribution in [3.63, 3.8) is 0 Å². The molecule has 2 aliphatic heterocycles. The first-order valence-corrected chi connectivity index (χ1v) is 13.5. The van der Waals surface area contributed by atoms with E-state index in [1.807, 2.05) is 0 Å². The average molecular weight is 393 g/mol. The Kier molecular flexibility index (Phi) is 5.21. The molecule has 0 unspecified atom stereocenters. The molecule has 0 spiro atoms. The Balaban J connectivity index is 2.58. The standard InChI is InChI=1S/C20H40N4Si2/c1-17(2,3)21-13-14-22(18(4,5)6)25(21)26-23(19(7,8)9)15-16-24(26)20(10,11)12/h13-16H,1-12H3. The molecule has 2 heterocycles. The van der Waals surface area contributed by atoms with Gasteiger partial charge in [-0.15, -0.1) is 0 Å². The van der Waals surface area contributed by atoms with Crippen LogP contribution in [-0.4, -0.2) is 57.7 Å². The Hall–Kier alpha value is -0.886. The molecule has 0 fully saturated rings. The normalized spacial score (nSPS) is 20.9. The van der Waals surface area contributed by atoms with E-state index in [-0.39, 0.29) is 22.2 Å². The van der Waals surface area contributed by atoms with Crippen LogP contribution in [0.5, 0.6) is 0 Å². The van der Waals surface area contributed by atoms with Gasteiger partial charge in [-0.3, -0.25) is 0 Å². The number of nitrogens with zero attached hydrogens (tertiary/aromatic N) is 4. The quantitative estimate of drug-likeness (QED) is 0.613. The number of rotatable bonds is 1. The van der Waals surface area contributed by atoms with Gasteiger partial charge in [-0.05, 0) is 83.1 Å². The van der Waals surface area contributed by atoms with Crippen molar-refractivity contribution in [2.24, 2.45) is 0 Å². The van der Waals surface area contributed by atoms with Crippen LogP contribution in [0.25, 0.3) is 0 Å². The second kappa shape index (κ2) is 6.33. The van der Waals surface area contributed by atoms with E-state index < -0.39 is 17.3 Å². The third-order valence-corrected chi connectivity index (χ3v) is 14.3. The lowest BCUT2D eigenvalue weighted by molar-refractivity contribution is 0.261. The maximum Gasteiger partial charge on any atom is 0.332 e. The zero-order valence-electron chi connectivity index (χ0n) is 19.1. The maximum absolute atomic E-state index is 2.68. The molecule has 6 heteroatoms. The first-order valence-electron chi connectivity index (χ1n) is 9.74. The lowest BCUT2D eigenvalue weighted by atomic mass is 10.1. The van der Waals surface area contributed by atoms with Gasteiger partial charge >= 0.3 is 17.3 Å². The molecule has 2 radical (unpaired) electrons. The van der Waals surface area contributed by atoms with Crippen molar-refractivity contribution in [3.05, 3.63) is 24.8 Å². The highest BCUT2D eigenvalue weighted by atomic mass is 29.2. The molecule has 0 saturated carbocycles. The van der Waals surface area contributed by atoms with E-state index in [0.717, 1.165) is 0 Å². The van der Waals surface area contributed by atoms with Crippen LogP contribution in [0, 0.1) is 0 Å². The molecule has 2 rings (SSSR count). The summed E-state index contributed by atoms with van der Waals surface area (Å²) < 4.78 is 10.7. The molecule has 148 valence electrons. The number of hydrogen-bond acceptors (Lipinski definition) is 4. The monoisotopic (exact) mass is 392 g/mol. The zero-order valence-corrected chi connectivity index (χ0v) is 21.1. The molecule has 0 aromatic carbocycles. The van der Waals surface area contributed by atoms with Crippen molar-refractivity contribution in [1.82, 2.24) is 18.3 Å². The van der Waals surface area contributed by atoms with E-state index in [1.165, 1.54) is 0 Å². The topological polar surface area (TPSA) is 13.0 Å². The van der Waals surface area contributed by atoms with Crippen LogP contribution in [0.3, 0.4) is 0 Å². The second-order valence-corrected chi connectivity index (χ2v) is 17.3. The molecule has 0 bridgehead atoms. The van der Waals surface area contributed by atoms with Gasteiger partial charge in [0.25, 0.3) is 0 Å². The predicted molar refractivity (Wildman–Crippen MR) is 116 cm³/mol. The minimum atomic E-state index is -0.996. The van der Waals surface area contributed by atoms with Crippen LogP contribution in [0.4, 0.5) is 0 Å². The summed E-state index contributed by atoms with van der Waals surface area (Å²) in [5.41, 5.74) is 0.493. The molecule has 4 nitrogen and oxygen atoms in total. The number of hydrogen-bond donors (Lipinski definition) is 0. The molecule has 2 aliphatic rings. The zero-order chi connectivity index (χ0) is 20.3. The van der Waals surface area contributed by atoms with Gasteiger partial charge in [0.15, 0.2) is 0 Å². The third kappa shape index (κ3) is 4.01. The highest BCUT2D eigenvalue weighted by Crippen LogP contribution is 2.37. The molecule has 0 atom stereocenters. The summed E-state index contributed by atoms with van der Waals surface area (Å²) in [7, 11) is -1.99. The van der Waals surface area contributed by atoms with Crippen molar-refractivity contribution in [2.75, 3.05) is 0 Å². The average Bonchev–Trinajstić information content (AvgIpc) is 2.99. The van der Waals surface area contributed by atoms with Crippen molar-refractivity contribution in [3.8, 4) is 0 Å². The van der Waals surface area contributed by atoms with Gasteiger partial charge in [0.05, 0.1) is 0 Å². The van der Waals surface area contributed by atoms with Gasteiger partial charge in [-0.2, -0.15) is 0 Å². The van der Waals surface area contributed by atoms with Gasteiger partial charge in [0.2, 0.25) is 0 Å². The smallest absolute Gasteiger partial charge is 0.332 e. The molecule has 0 saturated heterocycles. The lowest BCUT2D eigenvalue weighted by Gasteiger charge is -2.52. The lowest BCUT2D eigenvalue weighted by Crippen LogP contribution is -2.74. The Morgan fingerprint density at radius 1 is 0.385 bits per heavy atom. The van der Waals surface area contributed by atoms with Crippen molar-refractivity contribution >= 4 is 17.3 Å². The Bertz CT molecular complexity index is 473. The van der Waals surface area contributed by atoms with Gasteiger partial charge in [-0.1, -0.05) is 0 Å². The summed E-state index contributed by atoms with van der Waals surface area (Å²) >= 11 is 0. The van der Waals surface area contributed by atoms with Crippen LogP contribution < -0.4 is 0 Å². The highest BCUT2D eigenvalue weighted by Gasteiger charge is 2.56. The fourth-order valence-corrected chi connectivity index (χ4v) is 15.6. The van der Waals surface area contributed by atoms with E-state index in [1.54, 1.807) is 0 Å². The molecule has 0 aliphatic carbocycles. The minimum absolute atomic E-state index is 0.123. The van der Waals surface area contributed by atoms with E-state index in [9.17, 15) is 0 Å². The van der Waals surface area contributed by atoms with E-state index in [0.29, 0.717) is 0 Å². The van der Waals surface area contributed by atoms with Crippen LogP contribution in [-0.2, 0) is 0 Å². The Labute approximate surface area is 165 Å². The minimum Gasteiger partial charge on any atom is -0.380 e. The fourth-order valence-electron chi connectivity index (χ4n) is 3.38. The molecule has 26 heavy (non-hydrogen) atoms. The van der Waals surface area contributed by atoms with Crippen LogP contribution in [0.2, 0.25) is 0 Å². The van der Waals surface area contributed by atoms with E-state index in [2.05, 4.69) is 126 Å².